The van der Waals surface area contributed by atoms with E-state index in [0.29, 0.717) is 16.3 Å². The molecule has 0 aromatic heterocycles. The van der Waals surface area contributed by atoms with E-state index in [9.17, 15) is 14.8 Å². The summed E-state index contributed by atoms with van der Waals surface area (Å²) in [6.45, 7) is 20.4. The molecule has 0 radical (unpaired) electrons. The van der Waals surface area contributed by atoms with Crippen molar-refractivity contribution in [3.63, 3.8) is 0 Å². The second kappa shape index (κ2) is 9.41. The maximum absolute atomic E-state index is 13.8. The van der Waals surface area contributed by atoms with Crippen LogP contribution in [0.2, 0.25) is 0 Å². The zero-order valence-electron chi connectivity index (χ0n) is 24.6. The minimum atomic E-state index is -0.609. The summed E-state index contributed by atoms with van der Waals surface area (Å²) in [7, 11) is 0. The number of hydrogen-bond acceptors (Lipinski definition) is 3. The lowest BCUT2D eigenvalue weighted by Crippen LogP contribution is -2.41. The number of rotatable bonds is 4. The van der Waals surface area contributed by atoms with Gasteiger partial charge < -0.3 is 10.6 Å². The number of carbonyl (C=O) groups excluding carboxylic acids is 2. The molecule has 206 valence electrons. The van der Waals surface area contributed by atoms with E-state index in [1.165, 1.54) is 22.3 Å². The van der Waals surface area contributed by atoms with Gasteiger partial charge in [0, 0.05) is 23.5 Å². The van der Waals surface area contributed by atoms with Crippen molar-refractivity contribution in [3.05, 3.63) is 58.1 Å². The molecule has 2 aliphatic rings. The van der Waals surface area contributed by atoms with E-state index in [1.807, 2.05) is 0 Å². The van der Waals surface area contributed by atoms with Crippen LogP contribution in [0.4, 0.5) is 16.2 Å². The molecule has 0 unspecified atom stereocenters. The van der Waals surface area contributed by atoms with Gasteiger partial charge in [-0.05, 0) is 101 Å². The molecule has 0 heterocycles. The maximum atomic E-state index is 13.8. The normalized spacial score (nSPS) is 20.1. The highest BCUT2D eigenvalue weighted by molar-refractivity contribution is 6.06. The number of amides is 3. The van der Waals surface area contributed by atoms with Gasteiger partial charge in [-0.25, -0.2) is 9.86 Å². The molecule has 3 amide bonds. The van der Waals surface area contributed by atoms with Crippen LogP contribution in [-0.2, 0) is 21.7 Å². The molecule has 38 heavy (non-hydrogen) atoms. The number of hydroxylamine groups is 2. The first-order valence-corrected chi connectivity index (χ1v) is 13.9. The maximum Gasteiger partial charge on any atom is 0.345 e. The van der Waals surface area contributed by atoms with Crippen molar-refractivity contribution in [3.8, 4) is 0 Å². The van der Waals surface area contributed by atoms with Crippen LogP contribution < -0.4 is 10.6 Å². The highest BCUT2D eigenvalue weighted by Crippen LogP contribution is 2.56. The number of nitrogens with zero attached hydrogens (tertiary/aromatic N) is 1. The fraction of sp³-hybridized carbons (Fsp3) is 0.562. The summed E-state index contributed by atoms with van der Waals surface area (Å²) in [6.07, 6.45) is 4.35. The summed E-state index contributed by atoms with van der Waals surface area (Å²) >= 11 is 0. The zero-order valence-corrected chi connectivity index (χ0v) is 24.6. The largest absolute Gasteiger partial charge is 0.345 e. The van der Waals surface area contributed by atoms with Gasteiger partial charge in [0.25, 0.3) is 5.91 Å². The molecule has 0 spiro atoms. The second-order valence-electron chi connectivity index (χ2n) is 13.8. The van der Waals surface area contributed by atoms with Crippen LogP contribution in [0.3, 0.4) is 0 Å². The fourth-order valence-corrected chi connectivity index (χ4v) is 6.27. The molecule has 0 saturated heterocycles. The molecule has 0 saturated carbocycles. The Kier molecular flexibility index (Phi) is 6.97. The van der Waals surface area contributed by atoms with Gasteiger partial charge in [-0.2, -0.15) is 0 Å². The Bertz CT molecular complexity index is 1200. The summed E-state index contributed by atoms with van der Waals surface area (Å²) in [5.74, 6) is -0.158. The first-order valence-electron chi connectivity index (χ1n) is 13.9. The van der Waals surface area contributed by atoms with Gasteiger partial charge >= 0.3 is 6.03 Å². The molecule has 3 N–H and O–H groups in total. The van der Waals surface area contributed by atoms with E-state index in [1.54, 1.807) is 31.2 Å². The van der Waals surface area contributed by atoms with Crippen LogP contribution in [0.25, 0.3) is 0 Å². The topological polar surface area (TPSA) is 81.7 Å². The molecule has 0 atom stereocenters. The van der Waals surface area contributed by atoms with Crippen molar-refractivity contribution in [2.75, 3.05) is 17.2 Å². The van der Waals surface area contributed by atoms with Gasteiger partial charge in [0.05, 0.1) is 0 Å². The molecule has 6 nitrogen and oxygen atoms in total. The third-order valence-electron chi connectivity index (χ3n) is 9.06. The fourth-order valence-electron chi connectivity index (χ4n) is 6.27. The molecule has 2 aromatic rings. The van der Waals surface area contributed by atoms with E-state index in [4.69, 9.17) is 0 Å². The predicted molar refractivity (Wildman–Crippen MR) is 155 cm³/mol. The highest BCUT2D eigenvalue weighted by atomic mass is 16.5. The molecule has 0 fully saturated rings. The number of anilines is 2. The molecular formula is C32H45N3O3. The number of fused-ring (bicyclic) bond motifs is 2. The monoisotopic (exact) mass is 519 g/mol. The Morgan fingerprint density at radius 2 is 1.21 bits per heavy atom. The standard InChI is InChI=1S/C32H45N3O3/c1-10-35(38)28(37)33-21-13-11-20(12-14-21)27(36)34-26-24-22(29(2,3)15-17-31(24,6)7)19-23-25(26)32(8,9)18-16-30(23,4)5/h11-14,19,38H,10,15-18H2,1-9H3,(H,33,37)(H,34,36). The third kappa shape index (κ3) is 4.95. The summed E-state index contributed by atoms with van der Waals surface area (Å²) in [4.78, 5) is 25.8. The lowest BCUT2D eigenvalue weighted by atomic mass is 9.56. The van der Waals surface area contributed by atoms with Crippen LogP contribution in [0.5, 0.6) is 0 Å². The summed E-state index contributed by atoms with van der Waals surface area (Å²) in [5, 5.41) is 16.3. The zero-order chi connectivity index (χ0) is 28.3. The summed E-state index contributed by atoms with van der Waals surface area (Å²) < 4.78 is 0. The quantitative estimate of drug-likeness (QED) is 0.284. The van der Waals surface area contributed by atoms with E-state index >= 15 is 0 Å². The Hall–Kier alpha value is -2.86. The van der Waals surface area contributed by atoms with Crippen LogP contribution in [0.1, 0.15) is 121 Å². The number of nitrogens with one attached hydrogen (secondary N) is 2. The van der Waals surface area contributed by atoms with Crippen molar-refractivity contribution in [2.24, 2.45) is 0 Å². The Labute approximate surface area is 228 Å². The van der Waals surface area contributed by atoms with Gasteiger partial charge in [0.1, 0.15) is 0 Å². The molecule has 0 aliphatic heterocycles. The number of urea groups is 1. The second-order valence-corrected chi connectivity index (χ2v) is 13.8. The van der Waals surface area contributed by atoms with Gasteiger partial charge in [-0.3, -0.25) is 10.0 Å². The van der Waals surface area contributed by atoms with E-state index < -0.39 is 6.03 Å². The van der Waals surface area contributed by atoms with E-state index in [-0.39, 0.29) is 34.1 Å². The lowest BCUT2D eigenvalue weighted by molar-refractivity contribution is -0.0324. The van der Waals surface area contributed by atoms with Gasteiger partial charge in [0.15, 0.2) is 0 Å². The predicted octanol–water partition coefficient (Wildman–Crippen LogP) is 7.88. The Morgan fingerprint density at radius 1 is 0.763 bits per heavy atom. The first kappa shape index (κ1) is 28.2. The Balaban J connectivity index is 1.81. The van der Waals surface area contributed by atoms with Gasteiger partial charge in [-0.1, -0.05) is 61.5 Å². The molecular weight excluding hydrogens is 474 g/mol. The lowest BCUT2D eigenvalue weighted by Gasteiger charge is -2.49. The van der Waals surface area contributed by atoms with Crippen molar-refractivity contribution in [1.29, 1.82) is 0 Å². The Morgan fingerprint density at radius 3 is 1.66 bits per heavy atom. The van der Waals surface area contributed by atoms with Crippen LogP contribution >= 0.6 is 0 Å². The molecule has 6 heteroatoms. The van der Waals surface area contributed by atoms with Crippen molar-refractivity contribution >= 4 is 23.3 Å². The summed E-state index contributed by atoms with van der Waals surface area (Å²) in [6, 6.07) is 8.66. The van der Waals surface area contributed by atoms with Gasteiger partial charge in [-0.15, -0.1) is 0 Å². The minimum Gasteiger partial charge on any atom is -0.321 e. The van der Waals surface area contributed by atoms with Crippen LogP contribution in [0.15, 0.2) is 30.3 Å². The van der Waals surface area contributed by atoms with Crippen LogP contribution in [-0.4, -0.2) is 28.8 Å². The minimum absolute atomic E-state index is 0.0238. The average molecular weight is 520 g/mol. The number of carbonyl (C=O) groups is 2. The smallest absolute Gasteiger partial charge is 0.321 e. The SMILES string of the molecule is CCN(O)C(=O)Nc1ccc(C(=O)Nc2c3c(cc4c2C(C)(C)CCC4(C)C)C(C)(C)CCC3(C)C)cc1. The molecule has 2 aliphatic carbocycles. The molecule has 0 bridgehead atoms. The first-order chi connectivity index (χ1) is 17.5. The van der Waals surface area contributed by atoms with Crippen molar-refractivity contribution in [2.45, 2.75) is 110 Å². The van der Waals surface area contributed by atoms with Crippen molar-refractivity contribution in [1.82, 2.24) is 5.06 Å². The molecule has 2 aromatic carbocycles. The van der Waals surface area contributed by atoms with E-state index in [0.717, 1.165) is 31.4 Å². The van der Waals surface area contributed by atoms with Gasteiger partial charge in [0.2, 0.25) is 0 Å². The average Bonchev–Trinajstić information content (AvgIpc) is 2.84. The van der Waals surface area contributed by atoms with E-state index in [2.05, 4.69) is 72.1 Å². The van der Waals surface area contributed by atoms with Crippen molar-refractivity contribution < 1.29 is 14.8 Å². The third-order valence-corrected chi connectivity index (χ3v) is 9.06. The number of hydrogen-bond donors (Lipinski definition) is 3. The molecule has 4 rings (SSSR count). The number of benzene rings is 2. The van der Waals surface area contributed by atoms with Crippen LogP contribution in [0, 0.1) is 0 Å². The highest BCUT2D eigenvalue weighted by Gasteiger charge is 2.46. The summed E-state index contributed by atoms with van der Waals surface area (Å²) in [5.41, 5.74) is 7.21.